The van der Waals surface area contributed by atoms with Gasteiger partial charge >= 0.3 is 0 Å². The van der Waals surface area contributed by atoms with Crippen LogP contribution in [0.1, 0.15) is 24.4 Å². The first-order valence-corrected chi connectivity index (χ1v) is 9.25. The molecule has 0 N–H and O–H groups in total. The first-order chi connectivity index (χ1) is 12.8. The Morgan fingerprint density at radius 3 is 2.50 bits per heavy atom. The lowest BCUT2D eigenvalue weighted by Gasteiger charge is -2.38. The summed E-state index contributed by atoms with van der Waals surface area (Å²) in [5.41, 5.74) is 2.46. The quantitative estimate of drug-likeness (QED) is 0.710. The van der Waals surface area contributed by atoms with Crippen LogP contribution in [-0.2, 0) is 6.54 Å². The van der Waals surface area contributed by atoms with Crippen molar-refractivity contribution in [3.8, 4) is 5.69 Å². The Hall–Kier alpha value is -2.50. The minimum atomic E-state index is 0.414. The maximum atomic E-state index is 4.59. The summed E-state index contributed by atoms with van der Waals surface area (Å²) >= 11 is 0. The highest BCUT2D eigenvalue weighted by atomic mass is 15.3. The normalized spacial score (nSPS) is 17.3. The van der Waals surface area contributed by atoms with Crippen LogP contribution in [0.25, 0.3) is 5.69 Å². The molecule has 0 amide bonds. The first kappa shape index (κ1) is 16.9. The molecule has 1 aliphatic heterocycles. The predicted octanol–water partition coefficient (Wildman–Crippen LogP) is 3.15. The molecular weight excluding hydrogens is 322 g/mol. The fourth-order valence-electron chi connectivity index (χ4n) is 3.62. The van der Waals surface area contributed by atoms with Crippen molar-refractivity contribution in [3.05, 3.63) is 78.6 Å². The Kier molecular flexibility index (Phi) is 5.09. The van der Waals surface area contributed by atoms with Crippen molar-refractivity contribution in [1.29, 1.82) is 0 Å². The fourth-order valence-corrected chi connectivity index (χ4v) is 3.62. The third-order valence-electron chi connectivity index (χ3n) is 5.24. The number of pyridine rings is 1. The van der Waals surface area contributed by atoms with Gasteiger partial charge in [-0.25, -0.2) is 4.98 Å². The van der Waals surface area contributed by atoms with Crippen LogP contribution in [0, 0.1) is 0 Å². The SMILES string of the molecule is CC(c1cccnc1)N1CCN(Cc2nccn2-c2ccccc2)CC1. The van der Waals surface area contributed by atoms with E-state index >= 15 is 0 Å². The highest BCUT2D eigenvalue weighted by Gasteiger charge is 2.23. The fraction of sp³-hybridized carbons (Fsp3) is 0.333. The molecular formula is C21H25N5. The molecule has 26 heavy (non-hydrogen) atoms. The van der Waals surface area contributed by atoms with Crippen molar-refractivity contribution in [2.75, 3.05) is 26.2 Å². The molecule has 5 nitrogen and oxygen atoms in total. The van der Waals surface area contributed by atoms with Crippen LogP contribution in [0.2, 0.25) is 0 Å². The molecule has 1 aliphatic rings. The molecule has 1 fully saturated rings. The van der Waals surface area contributed by atoms with E-state index in [-0.39, 0.29) is 0 Å². The van der Waals surface area contributed by atoms with E-state index in [1.54, 1.807) is 0 Å². The lowest BCUT2D eigenvalue weighted by atomic mass is 10.1. The summed E-state index contributed by atoms with van der Waals surface area (Å²) in [7, 11) is 0. The van der Waals surface area contributed by atoms with Crippen molar-refractivity contribution >= 4 is 0 Å². The van der Waals surface area contributed by atoms with Gasteiger partial charge in [0.15, 0.2) is 0 Å². The second-order valence-electron chi connectivity index (χ2n) is 6.82. The second-order valence-corrected chi connectivity index (χ2v) is 6.82. The Bertz CT molecular complexity index is 807. The van der Waals surface area contributed by atoms with Gasteiger partial charge in [0, 0.05) is 62.7 Å². The van der Waals surface area contributed by atoms with Gasteiger partial charge in [0.2, 0.25) is 0 Å². The molecule has 1 atom stereocenters. The second kappa shape index (κ2) is 7.81. The number of nitrogens with zero attached hydrogens (tertiary/aromatic N) is 5. The maximum Gasteiger partial charge on any atom is 0.127 e. The van der Waals surface area contributed by atoms with Gasteiger partial charge in [0.1, 0.15) is 5.82 Å². The monoisotopic (exact) mass is 347 g/mol. The van der Waals surface area contributed by atoms with Crippen molar-refractivity contribution in [1.82, 2.24) is 24.3 Å². The molecule has 0 aliphatic carbocycles. The highest BCUT2D eigenvalue weighted by Crippen LogP contribution is 2.21. The number of hydrogen-bond acceptors (Lipinski definition) is 4. The predicted molar refractivity (Wildman–Crippen MR) is 103 cm³/mol. The summed E-state index contributed by atoms with van der Waals surface area (Å²) in [5, 5.41) is 0. The van der Waals surface area contributed by atoms with Crippen LogP contribution in [0.15, 0.2) is 67.3 Å². The van der Waals surface area contributed by atoms with Gasteiger partial charge in [-0.05, 0) is 30.7 Å². The average molecular weight is 347 g/mol. The molecule has 1 aromatic carbocycles. The summed E-state index contributed by atoms with van der Waals surface area (Å²) in [5.74, 6) is 1.10. The molecule has 0 bridgehead atoms. The molecule has 2 aromatic heterocycles. The van der Waals surface area contributed by atoms with E-state index in [9.17, 15) is 0 Å². The van der Waals surface area contributed by atoms with Gasteiger partial charge in [0.25, 0.3) is 0 Å². The largest absolute Gasteiger partial charge is 0.303 e. The lowest BCUT2D eigenvalue weighted by molar-refractivity contribution is 0.0958. The van der Waals surface area contributed by atoms with Crippen molar-refractivity contribution in [2.24, 2.45) is 0 Å². The first-order valence-electron chi connectivity index (χ1n) is 9.25. The molecule has 0 saturated carbocycles. The molecule has 3 heterocycles. The van der Waals surface area contributed by atoms with Crippen LogP contribution in [0.3, 0.4) is 0 Å². The lowest BCUT2D eigenvalue weighted by Crippen LogP contribution is -2.46. The molecule has 134 valence electrons. The van der Waals surface area contributed by atoms with E-state index in [4.69, 9.17) is 0 Å². The third kappa shape index (κ3) is 3.69. The summed E-state index contributed by atoms with van der Waals surface area (Å²) in [6, 6.07) is 15.0. The van der Waals surface area contributed by atoms with E-state index in [1.165, 1.54) is 11.3 Å². The standard InChI is InChI=1S/C21H25N5/c1-18(19-6-5-9-22-16-19)25-14-12-24(13-15-25)17-21-23-10-11-26(21)20-7-3-2-4-8-20/h2-11,16,18H,12-15,17H2,1H3. The van der Waals surface area contributed by atoms with Gasteiger partial charge in [0.05, 0.1) is 6.54 Å². The maximum absolute atomic E-state index is 4.59. The zero-order chi connectivity index (χ0) is 17.8. The summed E-state index contributed by atoms with van der Waals surface area (Å²) in [4.78, 5) is 13.9. The molecule has 1 saturated heterocycles. The van der Waals surface area contributed by atoms with Crippen molar-refractivity contribution in [2.45, 2.75) is 19.5 Å². The number of rotatable bonds is 5. The van der Waals surface area contributed by atoms with Crippen LogP contribution >= 0.6 is 0 Å². The van der Waals surface area contributed by atoms with Gasteiger partial charge in [-0.1, -0.05) is 24.3 Å². The minimum absolute atomic E-state index is 0.414. The Labute approximate surface area is 154 Å². The number of piperazine rings is 1. The minimum Gasteiger partial charge on any atom is -0.303 e. The topological polar surface area (TPSA) is 37.2 Å². The van der Waals surface area contributed by atoms with Gasteiger partial charge < -0.3 is 4.57 Å². The molecule has 0 radical (unpaired) electrons. The molecule has 3 aromatic rings. The zero-order valence-electron chi connectivity index (χ0n) is 15.2. The summed E-state index contributed by atoms with van der Waals surface area (Å²) in [6.07, 6.45) is 7.76. The highest BCUT2D eigenvalue weighted by molar-refractivity contribution is 5.32. The van der Waals surface area contributed by atoms with Gasteiger partial charge in [-0.3, -0.25) is 14.8 Å². The Morgan fingerprint density at radius 1 is 0.962 bits per heavy atom. The molecule has 5 heteroatoms. The summed E-state index contributed by atoms with van der Waals surface area (Å²) in [6.45, 7) is 7.43. The van der Waals surface area contributed by atoms with E-state index in [1.807, 2.05) is 36.9 Å². The summed E-state index contributed by atoms with van der Waals surface area (Å²) < 4.78 is 2.19. The van der Waals surface area contributed by atoms with Crippen molar-refractivity contribution < 1.29 is 0 Å². The van der Waals surface area contributed by atoms with Crippen molar-refractivity contribution in [3.63, 3.8) is 0 Å². The number of imidazole rings is 1. The van der Waals surface area contributed by atoms with Crippen LogP contribution < -0.4 is 0 Å². The molecule has 0 spiro atoms. The van der Waals surface area contributed by atoms with Crippen LogP contribution in [-0.4, -0.2) is 50.5 Å². The number of para-hydroxylation sites is 1. The van der Waals surface area contributed by atoms with E-state index in [0.29, 0.717) is 6.04 Å². The smallest absolute Gasteiger partial charge is 0.127 e. The zero-order valence-corrected chi connectivity index (χ0v) is 15.2. The number of aromatic nitrogens is 3. The molecule has 4 rings (SSSR count). The van der Waals surface area contributed by atoms with E-state index < -0.39 is 0 Å². The number of benzene rings is 1. The third-order valence-corrected chi connectivity index (χ3v) is 5.24. The molecule has 1 unspecified atom stereocenters. The van der Waals surface area contributed by atoms with Crippen LogP contribution in [0.4, 0.5) is 0 Å². The average Bonchev–Trinajstić information content (AvgIpc) is 3.17. The van der Waals surface area contributed by atoms with E-state index in [2.05, 4.69) is 61.6 Å². The van der Waals surface area contributed by atoms with Crippen LogP contribution in [0.5, 0.6) is 0 Å². The Balaban J connectivity index is 1.37. The van der Waals surface area contributed by atoms with E-state index in [0.717, 1.165) is 38.5 Å². The number of hydrogen-bond donors (Lipinski definition) is 0. The Morgan fingerprint density at radius 2 is 1.77 bits per heavy atom. The van der Waals surface area contributed by atoms with Gasteiger partial charge in [-0.15, -0.1) is 0 Å². The van der Waals surface area contributed by atoms with Gasteiger partial charge in [-0.2, -0.15) is 0 Å².